The third kappa shape index (κ3) is 4.59. The van der Waals surface area contributed by atoms with Crippen LogP contribution < -0.4 is 9.62 Å². The molecule has 2 saturated heterocycles. The van der Waals surface area contributed by atoms with E-state index in [0.29, 0.717) is 18.5 Å². The summed E-state index contributed by atoms with van der Waals surface area (Å²) < 4.78 is 24.1. The van der Waals surface area contributed by atoms with Crippen LogP contribution in [-0.4, -0.2) is 52.1 Å². The summed E-state index contributed by atoms with van der Waals surface area (Å²) in [6.07, 6.45) is 5.77. The van der Waals surface area contributed by atoms with Crippen LogP contribution in [0.3, 0.4) is 0 Å². The van der Waals surface area contributed by atoms with Gasteiger partial charge in [-0.05, 0) is 74.0 Å². The molecule has 1 aliphatic carbocycles. The minimum atomic E-state index is -2.50. The van der Waals surface area contributed by atoms with Crippen molar-refractivity contribution in [2.24, 2.45) is 5.41 Å². The number of anilines is 1. The Hall–Kier alpha value is -1.89. The first-order chi connectivity index (χ1) is 15.5. The molecule has 2 aliphatic heterocycles. The van der Waals surface area contributed by atoms with Crippen LogP contribution in [0.1, 0.15) is 48.8 Å². The first-order valence-electron chi connectivity index (χ1n) is 12.0. The minimum Gasteiger partial charge on any atom is -0.370 e. The number of rotatable bonds is 8. The van der Waals surface area contributed by atoms with E-state index < -0.39 is 10.9 Å². The van der Waals surface area contributed by atoms with Gasteiger partial charge in [-0.3, -0.25) is 4.90 Å². The molecule has 0 saturated carbocycles. The van der Waals surface area contributed by atoms with Crippen molar-refractivity contribution in [2.45, 2.75) is 51.0 Å². The maximum absolute atomic E-state index is 10.8. The van der Waals surface area contributed by atoms with E-state index in [9.17, 15) is 8.42 Å². The molecule has 0 radical (unpaired) electrons. The van der Waals surface area contributed by atoms with E-state index in [-0.39, 0.29) is 5.41 Å². The van der Waals surface area contributed by atoms with E-state index in [1.54, 1.807) is 5.56 Å². The molecule has 0 bridgehead atoms. The Morgan fingerprint density at radius 3 is 2.56 bits per heavy atom. The Balaban J connectivity index is 1.34. The van der Waals surface area contributed by atoms with Crippen LogP contribution in [0.2, 0.25) is 0 Å². The lowest BCUT2D eigenvalue weighted by Crippen LogP contribution is -2.55. The SMILES string of the molecule is CC1(CCN[SH](=O)=O)CN(c2ccc3c(c2)[C@@H](Cc2ccccc2)[C@@H](N2CCC2)CC3)C1. The van der Waals surface area contributed by atoms with E-state index in [4.69, 9.17) is 0 Å². The van der Waals surface area contributed by atoms with Crippen LogP contribution in [0.5, 0.6) is 0 Å². The zero-order valence-electron chi connectivity index (χ0n) is 19.0. The summed E-state index contributed by atoms with van der Waals surface area (Å²) in [4.78, 5) is 5.17. The van der Waals surface area contributed by atoms with Crippen molar-refractivity contribution in [3.05, 3.63) is 65.2 Å². The van der Waals surface area contributed by atoms with Crippen molar-refractivity contribution < 1.29 is 8.42 Å². The second kappa shape index (κ2) is 9.16. The average Bonchev–Trinajstić information content (AvgIpc) is 2.72. The molecule has 0 unspecified atom stereocenters. The summed E-state index contributed by atoms with van der Waals surface area (Å²) in [6.45, 7) is 7.27. The van der Waals surface area contributed by atoms with Crippen molar-refractivity contribution in [3.63, 3.8) is 0 Å². The standard InChI is InChI=1S/C26H35N3O2S/c1-26(12-13-27-32(30)31)18-29(19-26)22-10-8-21-9-11-25(28-14-5-15-28)24(23(21)17-22)16-20-6-3-2-4-7-20/h2-4,6-8,10,17,24-25,32H,5,9,11-16,18-19H2,1H3,(H,27,30,31)/t24-,25+/m1/s1. The first kappa shape index (κ1) is 21.9. The minimum absolute atomic E-state index is 0.178. The third-order valence-electron chi connectivity index (χ3n) is 7.84. The van der Waals surface area contributed by atoms with Gasteiger partial charge in [0.15, 0.2) is 0 Å². The molecular weight excluding hydrogens is 418 g/mol. The van der Waals surface area contributed by atoms with Crippen molar-refractivity contribution in [1.29, 1.82) is 0 Å². The lowest BCUT2D eigenvalue weighted by molar-refractivity contribution is 0.0877. The smallest absolute Gasteiger partial charge is 0.201 e. The Morgan fingerprint density at radius 2 is 1.88 bits per heavy atom. The van der Waals surface area contributed by atoms with Crippen molar-refractivity contribution in [2.75, 3.05) is 37.6 Å². The normalized spacial score (nSPS) is 24.6. The number of hydrogen-bond donors (Lipinski definition) is 2. The summed E-state index contributed by atoms with van der Waals surface area (Å²) >= 11 is 0. The molecule has 5 nitrogen and oxygen atoms in total. The largest absolute Gasteiger partial charge is 0.370 e. The molecular formula is C26H35N3O2S. The van der Waals surface area contributed by atoms with E-state index in [2.05, 4.69) is 70.0 Å². The van der Waals surface area contributed by atoms with Crippen molar-refractivity contribution in [1.82, 2.24) is 9.62 Å². The summed E-state index contributed by atoms with van der Waals surface area (Å²) in [5.74, 6) is 0.548. The van der Waals surface area contributed by atoms with Crippen LogP contribution in [0.4, 0.5) is 5.69 Å². The highest BCUT2D eigenvalue weighted by Gasteiger charge is 2.40. The predicted octanol–water partition coefficient (Wildman–Crippen LogP) is 3.37. The van der Waals surface area contributed by atoms with E-state index in [1.807, 2.05) is 0 Å². The molecule has 3 aliphatic rings. The number of nitrogens with one attached hydrogen (secondary N) is 1. The number of likely N-dealkylation sites (tertiary alicyclic amines) is 1. The van der Waals surface area contributed by atoms with Gasteiger partial charge >= 0.3 is 0 Å². The molecule has 6 heteroatoms. The topological polar surface area (TPSA) is 52.7 Å². The molecule has 2 heterocycles. The zero-order valence-corrected chi connectivity index (χ0v) is 19.9. The highest BCUT2D eigenvalue weighted by Crippen LogP contribution is 2.42. The Morgan fingerprint density at radius 1 is 1.09 bits per heavy atom. The molecule has 2 fully saturated rings. The van der Waals surface area contributed by atoms with E-state index in [1.165, 1.54) is 49.2 Å². The highest BCUT2D eigenvalue weighted by atomic mass is 32.2. The average molecular weight is 454 g/mol. The van der Waals surface area contributed by atoms with Gasteiger partial charge in [0.2, 0.25) is 10.9 Å². The second-order valence-corrected chi connectivity index (χ2v) is 11.1. The van der Waals surface area contributed by atoms with Crippen LogP contribution in [-0.2, 0) is 23.7 Å². The Kier molecular flexibility index (Phi) is 6.28. The maximum Gasteiger partial charge on any atom is 0.201 e. The Labute approximate surface area is 193 Å². The van der Waals surface area contributed by atoms with Gasteiger partial charge < -0.3 is 4.90 Å². The van der Waals surface area contributed by atoms with Crippen molar-refractivity contribution in [3.8, 4) is 0 Å². The summed E-state index contributed by atoms with van der Waals surface area (Å²) in [7, 11) is -2.50. The fraction of sp³-hybridized carbons (Fsp3) is 0.538. The molecule has 0 amide bonds. The first-order valence-corrected chi connectivity index (χ1v) is 13.2. The molecule has 2 aromatic rings. The lowest BCUT2D eigenvalue weighted by atomic mass is 9.74. The monoisotopic (exact) mass is 453 g/mol. The highest BCUT2D eigenvalue weighted by molar-refractivity contribution is 7.70. The zero-order chi connectivity index (χ0) is 22.1. The number of benzene rings is 2. The predicted molar refractivity (Wildman–Crippen MR) is 131 cm³/mol. The van der Waals surface area contributed by atoms with Crippen molar-refractivity contribution >= 4 is 16.6 Å². The quantitative estimate of drug-likeness (QED) is 0.602. The molecule has 172 valence electrons. The van der Waals surface area contributed by atoms with Gasteiger partial charge in [0.25, 0.3) is 0 Å². The van der Waals surface area contributed by atoms with Crippen LogP contribution in [0.25, 0.3) is 0 Å². The molecule has 2 aromatic carbocycles. The van der Waals surface area contributed by atoms with Crippen LogP contribution in [0, 0.1) is 5.41 Å². The summed E-state index contributed by atoms with van der Waals surface area (Å²) in [5.41, 5.74) is 6.01. The van der Waals surface area contributed by atoms with Crippen LogP contribution >= 0.6 is 0 Å². The summed E-state index contributed by atoms with van der Waals surface area (Å²) in [6, 6.07) is 18.8. The molecule has 0 aromatic heterocycles. The molecule has 2 atom stereocenters. The van der Waals surface area contributed by atoms with Gasteiger partial charge in [-0.15, -0.1) is 0 Å². The van der Waals surface area contributed by atoms with Gasteiger partial charge in [0.05, 0.1) is 0 Å². The van der Waals surface area contributed by atoms with Gasteiger partial charge in [-0.2, -0.15) is 0 Å². The van der Waals surface area contributed by atoms with Crippen LogP contribution in [0.15, 0.2) is 48.5 Å². The van der Waals surface area contributed by atoms with Gasteiger partial charge in [0.1, 0.15) is 0 Å². The summed E-state index contributed by atoms with van der Waals surface area (Å²) in [5, 5.41) is 0. The third-order valence-corrected chi connectivity index (χ3v) is 8.32. The fourth-order valence-corrected chi connectivity index (χ4v) is 6.25. The molecule has 5 rings (SSSR count). The second-order valence-electron chi connectivity index (χ2n) is 10.3. The number of aryl methyl sites for hydroxylation is 1. The number of nitrogens with zero attached hydrogens (tertiary/aromatic N) is 2. The van der Waals surface area contributed by atoms with E-state index >= 15 is 0 Å². The maximum atomic E-state index is 10.8. The van der Waals surface area contributed by atoms with E-state index in [0.717, 1.165) is 25.9 Å². The van der Waals surface area contributed by atoms with Gasteiger partial charge in [-0.1, -0.05) is 43.3 Å². The number of thiol groups is 1. The Bertz CT molecular complexity index is 1000. The molecule has 32 heavy (non-hydrogen) atoms. The van der Waals surface area contributed by atoms with Gasteiger partial charge in [-0.25, -0.2) is 13.1 Å². The fourth-order valence-electron chi connectivity index (χ4n) is 5.95. The number of fused-ring (bicyclic) bond motifs is 1. The number of hydrogen-bond acceptors (Lipinski definition) is 4. The molecule has 1 N–H and O–H groups in total. The van der Waals surface area contributed by atoms with Gasteiger partial charge in [0, 0.05) is 42.7 Å². The lowest BCUT2D eigenvalue weighted by Gasteiger charge is -2.50. The molecule has 0 spiro atoms.